The van der Waals surface area contributed by atoms with Crippen molar-refractivity contribution in [3.63, 3.8) is 0 Å². The molecule has 2 amide bonds. The molecule has 36 heavy (non-hydrogen) atoms. The van der Waals surface area contributed by atoms with Gasteiger partial charge >= 0.3 is 6.09 Å². The molecule has 1 aliphatic heterocycles. The van der Waals surface area contributed by atoms with Crippen LogP contribution in [0.1, 0.15) is 38.3 Å². The number of carbonyl (C=O) groups is 2. The molecule has 1 N–H and O–H groups in total. The number of aliphatic hydroxyl groups is 1. The predicted octanol–water partition coefficient (Wildman–Crippen LogP) is 5.86. The molecule has 1 fully saturated rings. The zero-order chi connectivity index (χ0) is 26.5. The van der Waals surface area contributed by atoms with Crippen molar-refractivity contribution in [3.8, 4) is 0 Å². The van der Waals surface area contributed by atoms with E-state index in [2.05, 4.69) is 33.9 Å². The molecule has 1 heterocycles. The van der Waals surface area contributed by atoms with E-state index in [1.165, 1.54) is 4.90 Å². The lowest BCUT2D eigenvalue weighted by atomic mass is 9.90. The summed E-state index contributed by atoms with van der Waals surface area (Å²) in [5.41, 5.74) is 1.87. The Balaban J connectivity index is 1.79. The van der Waals surface area contributed by atoms with Crippen molar-refractivity contribution < 1.29 is 23.9 Å². The molecule has 0 bridgehead atoms. The molecule has 0 radical (unpaired) electrons. The average Bonchev–Trinajstić information content (AvgIpc) is 3.17. The van der Waals surface area contributed by atoms with Crippen molar-refractivity contribution in [2.75, 3.05) is 13.2 Å². The minimum Gasteiger partial charge on any atom is -0.447 e. The average molecular weight is 532 g/mol. The molecule has 0 saturated carbocycles. The third-order valence-corrected chi connectivity index (χ3v) is 12.1. The second-order valence-corrected chi connectivity index (χ2v) is 16.3. The first-order valence-corrected chi connectivity index (χ1v) is 15.8. The van der Waals surface area contributed by atoms with E-state index in [4.69, 9.17) is 20.8 Å². The summed E-state index contributed by atoms with van der Waals surface area (Å²) in [6.45, 7) is 11.3. The standard InChI is InChI=1S/C28H38ClNO5Si/c1-28(2,3)36(4,5)35-16-15-25(31)24(18-21-11-13-22(29)14-12-21)26(32)30-23(19-34-27(30)33)17-20-9-7-6-8-10-20/h6-14,23-25,31H,15-19H2,1-5H3/t23-,24-,25+/m0/s1. The van der Waals surface area contributed by atoms with E-state index >= 15 is 0 Å². The van der Waals surface area contributed by atoms with Crippen LogP contribution in [0, 0.1) is 5.92 Å². The number of halogens is 1. The maximum absolute atomic E-state index is 13.8. The summed E-state index contributed by atoms with van der Waals surface area (Å²) in [6.07, 6.45) is -0.575. The first-order chi connectivity index (χ1) is 16.9. The Labute approximate surface area is 220 Å². The van der Waals surface area contributed by atoms with Crippen LogP contribution in [0.5, 0.6) is 0 Å². The Bertz CT molecular complexity index is 1020. The van der Waals surface area contributed by atoms with Crippen LogP contribution >= 0.6 is 11.6 Å². The monoisotopic (exact) mass is 531 g/mol. The van der Waals surface area contributed by atoms with Crippen LogP contribution in [0.2, 0.25) is 23.2 Å². The maximum Gasteiger partial charge on any atom is 0.416 e. The van der Waals surface area contributed by atoms with Crippen LogP contribution in [-0.4, -0.2) is 55.7 Å². The Morgan fingerprint density at radius 2 is 1.78 bits per heavy atom. The number of imide groups is 1. The topological polar surface area (TPSA) is 76.1 Å². The van der Waals surface area contributed by atoms with Gasteiger partial charge in [-0.1, -0.05) is 74.8 Å². The van der Waals surface area contributed by atoms with Gasteiger partial charge in [-0.15, -0.1) is 0 Å². The molecule has 2 aromatic carbocycles. The number of benzene rings is 2. The van der Waals surface area contributed by atoms with Crippen LogP contribution in [-0.2, 0) is 26.8 Å². The summed E-state index contributed by atoms with van der Waals surface area (Å²) < 4.78 is 11.5. The summed E-state index contributed by atoms with van der Waals surface area (Å²) in [5, 5.41) is 11.9. The molecule has 6 nitrogen and oxygen atoms in total. The Hall–Kier alpha value is -2.19. The molecular formula is C28H38ClNO5Si. The molecule has 3 rings (SSSR count). The predicted molar refractivity (Wildman–Crippen MR) is 145 cm³/mol. The minimum atomic E-state index is -2.00. The highest BCUT2D eigenvalue weighted by molar-refractivity contribution is 6.74. The van der Waals surface area contributed by atoms with Gasteiger partial charge < -0.3 is 14.3 Å². The third-order valence-electron chi connectivity index (χ3n) is 7.35. The van der Waals surface area contributed by atoms with Gasteiger partial charge in [0.2, 0.25) is 5.91 Å². The van der Waals surface area contributed by atoms with Crippen LogP contribution < -0.4 is 0 Å². The maximum atomic E-state index is 13.8. The number of cyclic esters (lactones) is 1. The van der Waals surface area contributed by atoms with Crippen LogP contribution in [0.4, 0.5) is 4.79 Å². The van der Waals surface area contributed by atoms with E-state index in [1.54, 1.807) is 12.1 Å². The quantitative estimate of drug-likeness (QED) is 0.388. The van der Waals surface area contributed by atoms with Crippen molar-refractivity contribution in [2.24, 2.45) is 5.92 Å². The lowest BCUT2D eigenvalue weighted by Crippen LogP contribution is -2.48. The molecule has 2 aromatic rings. The third kappa shape index (κ3) is 7.19. The van der Waals surface area contributed by atoms with Gasteiger partial charge in [-0.3, -0.25) is 4.79 Å². The van der Waals surface area contributed by atoms with Gasteiger partial charge in [0.25, 0.3) is 0 Å². The second kappa shape index (κ2) is 11.9. The normalized spacial score (nSPS) is 18.1. The second-order valence-electron chi connectivity index (χ2n) is 11.0. The van der Waals surface area contributed by atoms with Gasteiger partial charge in [-0.25, -0.2) is 9.69 Å². The minimum absolute atomic E-state index is 0.0421. The van der Waals surface area contributed by atoms with Crippen LogP contribution in [0.15, 0.2) is 54.6 Å². The number of rotatable bonds is 10. The summed E-state index contributed by atoms with van der Waals surface area (Å²) in [6, 6.07) is 16.5. The SMILES string of the molecule is CC(C)(C)[Si](C)(C)OCC[C@@H](O)[C@H](Cc1ccc(Cl)cc1)C(=O)N1C(=O)OC[C@@H]1Cc1ccccc1. The first kappa shape index (κ1) is 28.4. The molecule has 1 aliphatic rings. The first-order valence-electron chi connectivity index (χ1n) is 12.5. The fourth-order valence-electron chi connectivity index (χ4n) is 4.06. The molecule has 0 aromatic heterocycles. The molecule has 0 aliphatic carbocycles. The lowest BCUT2D eigenvalue weighted by molar-refractivity contribution is -0.137. The van der Waals surface area contributed by atoms with Gasteiger partial charge in [0.15, 0.2) is 8.32 Å². The Morgan fingerprint density at radius 1 is 1.14 bits per heavy atom. The molecule has 0 unspecified atom stereocenters. The number of hydrogen-bond acceptors (Lipinski definition) is 5. The van der Waals surface area contributed by atoms with E-state index in [1.807, 2.05) is 42.5 Å². The van der Waals surface area contributed by atoms with Crippen molar-refractivity contribution >= 4 is 31.9 Å². The highest BCUT2D eigenvalue weighted by atomic mass is 35.5. The summed E-state index contributed by atoms with van der Waals surface area (Å²) in [5.74, 6) is -1.24. The Kier molecular flexibility index (Phi) is 9.38. The number of carbonyl (C=O) groups excluding carboxylic acids is 2. The van der Waals surface area contributed by atoms with Crippen LogP contribution in [0.3, 0.4) is 0 Å². The number of amides is 2. The van der Waals surface area contributed by atoms with E-state index in [0.29, 0.717) is 24.5 Å². The fraction of sp³-hybridized carbons (Fsp3) is 0.500. The van der Waals surface area contributed by atoms with Crippen molar-refractivity contribution in [3.05, 3.63) is 70.7 Å². The van der Waals surface area contributed by atoms with Gasteiger partial charge in [0, 0.05) is 11.6 Å². The van der Waals surface area contributed by atoms with Gasteiger partial charge in [-0.2, -0.15) is 0 Å². The highest BCUT2D eigenvalue weighted by Gasteiger charge is 2.43. The van der Waals surface area contributed by atoms with E-state index in [9.17, 15) is 14.7 Å². The van der Waals surface area contributed by atoms with Crippen molar-refractivity contribution in [1.29, 1.82) is 0 Å². The summed E-state index contributed by atoms with van der Waals surface area (Å²) >= 11 is 6.04. The molecule has 3 atom stereocenters. The van der Waals surface area contributed by atoms with E-state index in [0.717, 1.165) is 11.1 Å². The molecule has 1 saturated heterocycles. The van der Waals surface area contributed by atoms with Gasteiger partial charge in [-0.05, 0) is 60.7 Å². The molecule has 196 valence electrons. The largest absolute Gasteiger partial charge is 0.447 e. The van der Waals surface area contributed by atoms with Crippen molar-refractivity contribution in [2.45, 2.75) is 70.3 Å². The molecule has 8 heteroatoms. The number of nitrogens with zero attached hydrogens (tertiary/aromatic N) is 1. The number of aliphatic hydroxyl groups excluding tert-OH is 1. The van der Waals surface area contributed by atoms with Crippen LogP contribution in [0.25, 0.3) is 0 Å². The Morgan fingerprint density at radius 3 is 2.39 bits per heavy atom. The number of hydrogen-bond donors (Lipinski definition) is 1. The van der Waals surface area contributed by atoms with Gasteiger partial charge in [0.05, 0.1) is 18.1 Å². The zero-order valence-corrected chi connectivity index (χ0v) is 23.6. The van der Waals surface area contributed by atoms with Gasteiger partial charge in [0.1, 0.15) is 6.61 Å². The molecular weight excluding hydrogens is 494 g/mol. The summed E-state index contributed by atoms with van der Waals surface area (Å²) in [7, 11) is -2.00. The van der Waals surface area contributed by atoms with E-state index < -0.39 is 38.4 Å². The van der Waals surface area contributed by atoms with E-state index in [-0.39, 0.29) is 18.1 Å². The molecule has 0 spiro atoms. The summed E-state index contributed by atoms with van der Waals surface area (Å²) in [4.78, 5) is 27.7. The zero-order valence-electron chi connectivity index (χ0n) is 21.9. The van der Waals surface area contributed by atoms with Crippen molar-refractivity contribution in [1.82, 2.24) is 4.90 Å². The number of ether oxygens (including phenoxy) is 1. The smallest absolute Gasteiger partial charge is 0.416 e. The fourth-order valence-corrected chi connectivity index (χ4v) is 5.25. The lowest BCUT2D eigenvalue weighted by Gasteiger charge is -2.36. The highest BCUT2D eigenvalue weighted by Crippen LogP contribution is 2.36.